The molecule has 0 saturated heterocycles. The quantitative estimate of drug-likeness (QED) is 0.799. The van der Waals surface area contributed by atoms with Crippen LogP contribution in [0.1, 0.15) is 18.1 Å². The number of halogens is 2. The molecule has 1 aromatic rings. The Bertz CT molecular complexity index is 286. The average molecular weight is 203 g/mol. The van der Waals surface area contributed by atoms with Crippen molar-refractivity contribution in [2.45, 2.75) is 26.1 Å². The summed E-state index contributed by atoms with van der Waals surface area (Å²) < 4.78 is 12.5. The molecule has 0 radical (unpaired) electrons. The predicted molar refractivity (Wildman–Crippen MR) is 51.6 cm³/mol. The highest BCUT2D eigenvalue weighted by Gasteiger charge is 2.08. The van der Waals surface area contributed by atoms with E-state index in [-0.39, 0.29) is 0 Å². The first-order valence-electron chi connectivity index (χ1n) is 4.15. The molecular formula is C10H12ClFO. The third kappa shape index (κ3) is 2.68. The van der Waals surface area contributed by atoms with Gasteiger partial charge in [-0.15, -0.1) is 0 Å². The van der Waals surface area contributed by atoms with Crippen LogP contribution >= 0.6 is 11.6 Å². The molecule has 1 rings (SSSR count). The number of hydrogen-bond donors (Lipinski definition) is 1. The van der Waals surface area contributed by atoms with Crippen LogP contribution in [-0.2, 0) is 13.1 Å². The lowest BCUT2D eigenvalue weighted by Crippen LogP contribution is -2.06. The molecule has 0 aromatic heterocycles. The van der Waals surface area contributed by atoms with Crippen LogP contribution in [0.15, 0.2) is 18.2 Å². The van der Waals surface area contributed by atoms with Gasteiger partial charge in [-0.3, -0.25) is 0 Å². The van der Waals surface area contributed by atoms with Crippen molar-refractivity contribution in [3.05, 3.63) is 34.3 Å². The van der Waals surface area contributed by atoms with Crippen LogP contribution in [0, 0.1) is 0 Å². The maximum absolute atomic E-state index is 12.5. The van der Waals surface area contributed by atoms with Gasteiger partial charge >= 0.3 is 0 Å². The Hall–Kier alpha value is -0.600. The Balaban J connectivity index is 2.98. The molecule has 1 aromatic carbocycles. The number of benzene rings is 1. The largest absolute Gasteiger partial charge is 0.393 e. The van der Waals surface area contributed by atoms with Crippen molar-refractivity contribution in [2.75, 3.05) is 0 Å². The number of rotatable bonds is 3. The lowest BCUT2D eigenvalue weighted by atomic mass is 10.0. The van der Waals surface area contributed by atoms with E-state index in [9.17, 15) is 4.39 Å². The van der Waals surface area contributed by atoms with Gasteiger partial charge in [-0.2, -0.15) is 0 Å². The first-order valence-corrected chi connectivity index (χ1v) is 4.53. The summed E-state index contributed by atoms with van der Waals surface area (Å²) in [5.74, 6) is 0. The molecule has 0 aliphatic rings. The molecule has 0 amide bonds. The van der Waals surface area contributed by atoms with Crippen LogP contribution < -0.4 is 0 Å². The minimum Gasteiger partial charge on any atom is -0.393 e. The van der Waals surface area contributed by atoms with Crippen molar-refractivity contribution in [1.29, 1.82) is 0 Å². The summed E-state index contributed by atoms with van der Waals surface area (Å²) in [4.78, 5) is 0. The van der Waals surface area contributed by atoms with E-state index < -0.39 is 12.8 Å². The Morgan fingerprint density at radius 1 is 1.54 bits per heavy atom. The first kappa shape index (κ1) is 10.5. The number of hydrogen-bond acceptors (Lipinski definition) is 1. The van der Waals surface area contributed by atoms with Crippen LogP contribution in [0.5, 0.6) is 0 Å². The van der Waals surface area contributed by atoms with E-state index in [2.05, 4.69) is 0 Å². The fourth-order valence-electron chi connectivity index (χ4n) is 1.26. The molecule has 1 atom stereocenters. The summed E-state index contributed by atoms with van der Waals surface area (Å²) >= 11 is 5.79. The van der Waals surface area contributed by atoms with E-state index in [4.69, 9.17) is 16.7 Å². The zero-order valence-electron chi connectivity index (χ0n) is 7.43. The zero-order valence-corrected chi connectivity index (χ0v) is 8.18. The smallest absolute Gasteiger partial charge is 0.116 e. The van der Waals surface area contributed by atoms with E-state index in [1.165, 1.54) is 0 Å². The van der Waals surface area contributed by atoms with E-state index in [0.717, 1.165) is 5.56 Å². The van der Waals surface area contributed by atoms with Gasteiger partial charge in [0, 0.05) is 10.6 Å². The standard InChI is InChI=1S/C10H12ClFO/c1-7(13)5-8-3-2-4-10(11)9(8)6-12/h2-4,7,13H,5-6H2,1H3. The SMILES string of the molecule is CC(O)Cc1cccc(Cl)c1CF. The minimum atomic E-state index is -0.582. The third-order valence-electron chi connectivity index (χ3n) is 1.86. The van der Waals surface area contributed by atoms with Crippen molar-refractivity contribution in [2.24, 2.45) is 0 Å². The molecule has 1 nitrogen and oxygen atoms in total. The van der Waals surface area contributed by atoms with Crippen molar-refractivity contribution >= 4 is 11.6 Å². The molecule has 0 saturated carbocycles. The molecule has 0 fully saturated rings. The zero-order chi connectivity index (χ0) is 9.84. The normalized spacial score (nSPS) is 12.9. The molecule has 1 N–H and O–H groups in total. The van der Waals surface area contributed by atoms with Gasteiger partial charge in [0.05, 0.1) is 6.10 Å². The fraction of sp³-hybridized carbons (Fsp3) is 0.400. The van der Waals surface area contributed by atoms with Crippen molar-refractivity contribution < 1.29 is 9.50 Å². The van der Waals surface area contributed by atoms with Crippen LogP contribution in [0.3, 0.4) is 0 Å². The average Bonchev–Trinajstić information content (AvgIpc) is 2.03. The van der Waals surface area contributed by atoms with Crippen LogP contribution in [0.4, 0.5) is 4.39 Å². The molecule has 3 heteroatoms. The Morgan fingerprint density at radius 3 is 2.77 bits per heavy atom. The predicted octanol–water partition coefficient (Wildman–Crippen LogP) is 2.73. The summed E-state index contributed by atoms with van der Waals surface area (Å²) in [5.41, 5.74) is 1.27. The second kappa shape index (κ2) is 4.58. The van der Waals surface area contributed by atoms with Gasteiger partial charge in [-0.05, 0) is 25.0 Å². The topological polar surface area (TPSA) is 20.2 Å². The summed E-state index contributed by atoms with van der Waals surface area (Å²) in [6.07, 6.45) is -0.0245. The minimum absolute atomic E-state index is 0.431. The van der Waals surface area contributed by atoms with Gasteiger partial charge in [0.25, 0.3) is 0 Å². The Morgan fingerprint density at radius 2 is 2.23 bits per heavy atom. The molecule has 0 aliphatic carbocycles. The molecule has 72 valence electrons. The van der Waals surface area contributed by atoms with E-state index in [1.807, 2.05) is 0 Å². The number of aliphatic hydroxyl groups excluding tert-OH is 1. The number of alkyl halides is 1. The lowest BCUT2D eigenvalue weighted by molar-refractivity contribution is 0.195. The molecule has 1 unspecified atom stereocenters. The fourth-order valence-corrected chi connectivity index (χ4v) is 1.51. The van der Waals surface area contributed by atoms with Crippen LogP contribution in [0.2, 0.25) is 5.02 Å². The van der Waals surface area contributed by atoms with Gasteiger partial charge in [0.15, 0.2) is 0 Å². The third-order valence-corrected chi connectivity index (χ3v) is 2.22. The van der Waals surface area contributed by atoms with Gasteiger partial charge in [0.1, 0.15) is 6.67 Å². The lowest BCUT2D eigenvalue weighted by Gasteiger charge is -2.09. The van der Waals surface area contributed by atoms with Gasteiger partial charge in [-0.1, -0.05) is 23.7 Å². The van der Waals surface area contributed by atoms with E-state index in [0.29, 0.717) is 17.0 Å². The van der Waals surface area contributed by atoms with Crippen LogP contribution in [0.25, 0.3) is 0 Å². The maximum Gasteiger partial charge on any atom is 0.116 e. The van der Waals surface area contributed by atoms with E-state index in [1.54, 1.807) is 25.1 Å². The number of aliphatic hydroxyl groups is 1. The van der Waals surface area contributed by atoms with Gasteiger partial charge in [0.2, 0.25) is 0 Å². The highest BCUT2D eigenvalue weighted by Crippen LogP contribution is 2.22. The van der Waals surface area contributed by atoms with Gasteiger partial charge < -0.3 is 5.11 Å². The summed E-state index contributed by atoms with van der Waals surface area (Å²) in [6, 6.07) is 5.20. The molecule has 0 bridgehead atoms. The Kier molecular flexibility index (Phi) is 3.70. The summed E-state index contributed by atoms with van der Waals surface area (Å²) in [5, 5.41) is 9.58. The first-order chi connectivity index (χ1) is 6.15. The maximum atomic E-state index is 12.5. The van der Waals surface area contributed by atoms with E-state index >= 15 is 0 Å². The molecule has 0 heterocycles. The van der Waals surface area contributed by atoms with Crippen molar-refractivity contribution in [3.63, 3.8) is 0 Å². The molecular weight excluding hydrogens is 191 g/mol. The monoisotopic (exact) mass is 202 g/mol. The Labute approximate surface area is 82.2 Å². The second-order valence-electron chi connectivity index (χ2n) is 3.06. The highest BCUT2D eigenvalue weighted by atomic mass is 35.5. The summed E-state index contributed by atoms with van der Waals surface area (Å²) in [6.45, 7) is 1.09. The van der Waals surface area contributed by atoms with Crippen LogP contribution in [-0.4, -0.2) is 11.2 Å². The molecule has 0 spiro atoms. The van der Waals surface area contributed by atoms with Crippen molar-refractivity contribution in [3.8, 4) is 0 Å². The second-order valence-corrected chi connectivity index (χ2v) is 3.47. The molecule has 13 heavy (non-hydrogen) atoms. The summed E-state index contributed by atoms with van der Waals surface area (Å²) in [7, 11) is 0. The van der Waals surface area contributed by atoms with Gasteiger partial charge in [-0.25, -0.2) is 4.39 Å². The van der Waals surface area contributed by atoms with Crippen molar-refractivity contribution in [1.82, 2.24) is 0 Å². The highest BCUT2D eigenvalue weighted by molar-refractivity contribution is 6.31. The molecule has 0 aliphatic heterocycles.